The van der Waals surface area contributed by atoms with Crippen molar-refractivity contribution in [1.82, 2.24) is 9.78 Å². The van der Waals surface area contributed by atoms with Gasteiger partial charge in [-0.2, -0.15) is 13.9 Å². The van der Waals surface area contributed by atoms with Crippen LogP contribution in [0.25, 0.3) is 0 Å². The molecule has 0 atom stereocenters. The first-order chi connectivity index (χ1) is 9.56. The first-order valence-electron chi connectivity index (χ1n) is 5.71. The predicted octanol–water partition coefficient (Wildman–Crippen LogP) is 2.54. The van der Waals surface area contributed by atoms with Crippen molar-refractivity contribution >= 4 is 11.4 Å². The highest BCUT2D eigenvalue weighted by Gasteiger charge is 2.22. The SMILES string of the molecule is O=[N+]([O-])c1ccc2c(c1)C(c1cnn(C(F)F)c1)=NC2. The lowest BCUT2D eigenvalue weighted by Crippen LogP contribution is -2.02. The number of aromatic nitrogens is 2. The number of hydrogen-bond acceptors (Lipinski definition) is 4. The van der Waals surface area contributed by atoms with E-state index in [0.717, 1.165) is 5.56 Å². The highest BCUT2D eigenvalue weighted by molar-refractivity contribution is 6.15. The third kappa shape index (κ3) is 1.94. The number of fused-ring (bicyclic) bond motifs is 1. The van der Waals surface area contributed by atoms with E-state index >= 15 is 0 Å². The van der Waals surface area contributed by atoms with E-state index in [9.17, 15) is 18.9 Å². The molecular formula is C12H8F2N4O2. The molecule has 0 unspecified atom stereocenters. The van der Waals surface area contributed by atoms with Gasteiger partial charge in [0.25, 0.3) is 5.69 Å². The van der Waals surface area contributed by atoms with Gasteiger partial charge in [-0.25, -0.2) is 4.68 Å². The third-order valence-electron chi connectivity index (χ3n) is 3.04. The zero-order valence-electron chi connectivity index (χ0n) is 10.0. The molecule has 0 bridgehead atoms. The van der Waals surface area contributed by atoms with E-state index in [1.54, 1.807) is 6.07 Å². The maximum absolute atomic E-state index is 12.5. The normalized spacial score (nSPS) is 13.4. The van der Waals surface area contributed by atoms with Crippen LogP contribution < -0.4 is 0 Å². The average Bonchev–Trinajstić information content (AvgIpc) is 3.03. The van der Waals surface area contributed by atoms with Crippen LogP contribution in [0.1, 0.15) is 23.2 Å². The number of hydrogen-bond donors (Lipinski definition) is 0. The van der Waals surface area contributed by atoms with E-state index in [2.05, 4.69) is 10.1 Å². The van der Waals surface area contributed by atoms with E-state index in [1.165, 1.54) is 24.5 Å². The lowest BCUT2D eigenvalue weighted by molar-refractivity contribution is -0.384. The van der Waals surface area contributed by atoms with Crippen molar-refractivity contribution in [2.45, 2.75) is 13.1 Å². The summed E-state index contributed by atoms with van der Waals surface area (Å²) in [4.78, 5) is 14.5. The van der Waals surface area contributed by atoms with Crippen LogP contribution in [0.3, 0.4) is 0 Å². The van der Waals surface area contributed by atoms with Crippen LogP contribution in [0.4, 0.5) is 14.5 Å². The largest absolute Gasteiger partial charge is 0.333 e. The predicted molar refractivity (Wildman–Crippen MR) is 65.9 cm³/mol. The molecule has 2 aromatic rings. The number of halogens is 2. The van der Waals surface area contributed by atoms with Gasteiger partial charge in [-0.3, -0.25) is 15.1 Å². The number of nitrogens with zero attached hydrogens (tertiary/aromatic N) is 4. The van der Waals surface area contributed by atoms with Crippen LogP contribution in [-0.4, -0.2) is 20.4 Å². The number of aliphatic imine (C=N–C) groups is 1. The Morgan fingerprint density at radius 1 is 1.40 bits per heavy atom. The molecular weight excluding hydrogens is 270 g/mol. The van der Waals surface area contributed by atoms with E-state index in [0.29, 0.717) is 28.1 Å². The molecule has 6 nitrogen and oxygen atoms in total. The van der Waals surface area contributed by atoms with Crippen molar-refractivity contribution < 1.29 is 13.7 Å². The highest BCUT2D eigenvalue weighted by Crippen LogP contribution is 2.27. The van der Waals surface area contributed by atoms with Gasteiger partial charge in [-0.05, 0) is 11.6 Å². The van der Waals surface area contributed by atoms with Crippen LogP contribution >= 0.6 is 0 Å². The number of rotatable bonds is 3. The van der Waals surface area contributed by atoms with Crippen LogP contribution in [0.15, 0.2) is 35.6 Å². The summed E-state index contributed by atoms with van der Waals surface area (Å²) in [6.07, 6.45) is 2.45. The molecule has 1 aliphatic rings. The number of benzene rings is 1. The maximum Gasteiger partial charge on any atom is 0.333 e. The fourth-order valence-electron chi connectivity index (χ4n) is 2.10. The third-order valence-corrected chi connectivity index (χ3v) is 3.04. The van der Waals surface area contributed by atoms with Crippen molar-refractivity contribution in [2.75, 3.05) is 0 Å². The fourth-order valence-corrected chi connectivity index (χ4v) is 2.10. The topological polar surface area (TPSA) is 73.3 Å². The molecule has 1 aromatic heterocycles. The van der Waals surface area contributed by atoms with Crippen molar-refractivity contribution in [3.05, 3.63) is 57.4 Å². The van der Waals surface area contributed by atoms with Crippen LogP contribution in [0.5, 0.6) is 0 Å². The summed E-state index contributed by atoms with van der Waals surface area (Å²) >= 11 is 0. The second-order valence-electron chi connectivity index (χ2n) is 4.25. The molecule has 0 radical (unpaired) electrons. The van der Waals surface area contributed by atoms with Gasteiger partial charge in [0, 0.05) is 29.5 Å². The van der Waals surface area contributed by atoms with Crippen molar-refractivity contribution in [1.29, 1.82) is 0 Å². The molecule has 0 N–H and O–H groups in total. The van der Waals surface area contributed by atoms with Crippen LogP contribution in [-0.2, 0) is 6.54 Å². The molecule has 0 fully saturated rings. The summed E-state index contributed by atoms with van der Waals surface area (Å²) in [6.45, 7) is -2.35. The first kappa shape index (κ1) is 12.4. The highest BCUT2D eigenvalue weighted by atomic mass is 19.3. The zero-order valence-corrected chi connectivity index (χ0v) is 10.0. The average molecular weight is 278 g/mol. The van der Waals surface area contributed by atoms with Gasteiger partial charge in [0.05, 0.1) is 23.4 Å². The summed E-state index contributed by atoms with van der Waals surface area (Å²) < 4.78 is 25.5. The molecule has 0 saturated carbocycles. The summed E-state index contributed by atoms with van der Waals surface area (Å²) in [6, 6.07) is 4.43. The Labute approximate surface area is 111 Å². The van der Waals surface area contributed by atoms with Gasteiger partial charge >= 0.3 is 6.55 Å². The van der Waals surface area contributed by atoms with Crippen molar-refractivity contribution in [2.24, 2.45) is 4.99 Å². The van der Waals surface area contributed by atoms with Crippen LogP contribution in [0.2, 0.25) is 0 Å². The maximum atomic E-state index is 12.5. The summed E-state index contributed by atoms with van der Waals surface area (Å²) in [5, 5.41) is 14.3. The number of nitro groups is 1. The Morgan fingerprint density at radius 2 is 2.20 bits per heavy atom. The molecule has 0 amide bonds. The minimum atomic E-state index is -2.73. The zero-order chi connectivity index (χ0) is 14.3. The van der Waals surface area contributed by atoms with E-state index in [-0.39, 0.29) is 5.69 Å². The van der Waals surface area contributed by atoms with Gasteiger partial charge < -0.3 is 0 Å². The monoisotopic (exact) mass is 278 g/mol. The van der Waals surface area contributed by atoms with Gasteiger partial charge in [0.2, 0.25) is 0 Å². The summed E-state index contributed by atoms with van der Waals surface area (Å²) in [5.41, 5.74) is 2.24. The standard InChI is InChI=1S/C12H8F2N4O2/c13-12(14)17-6-8(5-16-17)11-10-3-9(18(19)20)2-1-7(10)4-15-11/h1-3,5-6,12H,4H2. The van der Waals surface area contributed by atoms with Crippen LogP contribution in [0, 0.1) is 10.1 Å². The van der Waals surface area contributed by atoms with E-state index in [1.807, 2.05) is 0 Å². The molecule has 0 spiro atoms. The van der Waals surface area contributed by atoms with Crippen molar-refractivity contribution in [3.8, 4) is 0 Å². The molecule has 8 heteroatoms. The fraction of sp³-hybridized carbons (Fsp3) is 0.167. The molecule has 3 rings (SSSR count). The minimum absolute atomic E-state index is 0.0559. The summed E-state index contributed by atoms with van der Waals surface area (Å²) in [7, 11) is 0. The van der Waals surface area contributed by atoms with Gasteiger partial charge in [0.15, 0.2) is 0 Å². The van der Waals surface area contributed by atoms with E-state index in [4.69, 9.17) is 0 Å². The van der Waals surface area contributed by atoms with Gasteiger partial charge in [-0.1, -0.05) is 0 Å². The molecule has 1 aliphatic heterocycles. The Bertz CT molecular complexity index is 724. The number of alkyl halides is 2. The number of non-ortho nitro benzene ring substituents is 1. The Hall–Kier alpha value is -2.64. The van der Waals surface area contributed by atoms with E-state index < -0.39 is 11.5 Å². The molecule has 1 aromatic carbocycles. The Balaban J connectivity index is 2.02. The molecule has 20 heavy (non-hydrogen) atoms. The first-order valence-corrected chi connectivity index (χ1v) is 5.71. The Kier molecular flexibility index (Phi) is 2.78. The molecule has 0 saturated heterocycles. The number of nitro benzene ring substituents is 1. The summed E-state index contributed by atoms with van der Waals surface area (Å²) in [5.74, 6) is 0. The Morgan fingerprint density at radius 3 is 2.85 bits per heavy atom. The molecule has 0 aliphatic carbocycles. The quantitative estimate of drug-likeness (QED) is 0.639. The smallest absolute Gasteiger partial charge is 0.279 e. The lowest BCUT2D eigenvalue weighted by Gasteiger charge is -2.01. The second-order valence-corrected chi connectivity index (χ2v) is 4.25. The lowest BCUT2D eigenvalue weighted by atomic mass is 10.0. The minimum Gasteiger partial charge on any atom is -0.279 e. The van der Waals surface area contributed by atoms with Gasteiger partial charge in [-0.15, -0.1) is 0 Å². The van der Waals surface area contributed by atoms with Gasteiger partial charge in [0.1, 0.15) is 0 Å². The second kappa shape index (κ2) is 4.48. The molecule has 102 valence electrons. The van der Waals surface area contributed by atoms with Crippen molar-refractivity contribution in [3.63, 3.8) is 0 Å². The molecule has 2 heterocycles.